The fourth-order valence-electron chi connectivity index (χ4n) is 1.70. The Morgan fingerprint density at radius 1 is 1.57 bits per heavy atom. The number of hydrogen-bond donors (Lipinski definition) is 1. The maximum Gasteiger partial charge on any atom is 0.0701 e. The molecule has 1 saturated heterocycles. The first-order valence-corrected chi connectivity index (χ1v) is 6.36. The van der Waals surface area contributed by atoms with E-state index in [2.05, 4.69) is 28.1 Å². The van der Waals surface area contributed by atoms with Gasteiger partial charge in [0, 0.05) is 17.4 Å². The topological polar surface area (TPSA) is 29.5 Å². The van der Waals surface area contributed by atoms with Gasteiger partial charge in [0.25, 0.3) is 0 Å². The highest BCUT2D eigenvalue weighted by molar-refractivity contribution is 9.11. The van der Waals surface area contributed by atoms with E-state index < -0.39 is 0 Å². The van der Waals surface area contributed by atoms with Gasteiger partial charge in [0.05, 0.1) is 16.5 Å². The van der Waals surface area contributed by atoms with Gasteiger partial charge in [0.15, 0.2) is 0 Å². The van der Waals surface area contributed by atoms with E-state index in [-0.39, 0.29) is 12.0 Å². The van der Waals surface area contributed by atoms with Crippen molar-refractivity contribution in [1.82, 2.24) is 0 Å². The van der Waals surface area contributed by atoms with Crippen molar-refractivity contribution in [2.75, 3.05) is 13.2 Å². The third kappa shape index (κ3) is 2.57. The minimum absolute atomic E-state index is 0.190. The minimum atomic E-state index is -0.190. The lowest BCUT2D eigenvalue weighted by molar-refractivity contribution is -0.0347. The molecule has 0 aromatic carbocycles. The van der Waals surface area contributed by atoms with Gasteiger partial charge in [-0.2, -0.15) is 0 Å². The molecule has 0 aliphatic carbocycles. The molecule has 78 valence electrons. The van der Waals surface area contributed by atoms with Gasteiger partial charge in [-0.3, -0.25) is 0 Å². The van der Waals surface area contributed by atoms with Crippen molar-refractivity contribution < 1.29 is 9.84 Å². The zero-order valence-corrected chi connectivity index (χ0v) is 10.2. The van der Waals surface area contributed by atoms with E-state index in [1.807, 2.05) is 0 Å². The van der Waals surface area contributed by atoms with Crippen LogP contribution in [0.15, 0.2) is 15.9 Å². The Morgan fingerprint density at radius 3 is 3.07 bits per heavy atom. The maximum absolute atomic E-state index is 9.75. The Hall–Kier alpha value is 0.1000. The Bertz CT molecular complexity index is 300. The third-order valence-electron chi connectivity index (χ3n) is 2.53. The van der Waals surface area contributed by atoms with Crippen molar-refractivity contribution in [2.24, 2.45) is 5.92 Å². The van der Waals surface area contributed by atoms with Crippen LogP contribution in [-0.4, -0.2) is 24.4 Å². The Morgan fingerprint density at radius 2 is 2.43 bits per heavy atom. The Balaban J connectivity index is 1.95. The van der Waals surface area contributed by atoms with Crippen molar-refractivity contribution in [2.45, 2.75) is 18.9 Å². The second kappa shape index (κ2) is 4.75. The Labute approximate surface area is 96.0 Å². The van der Waals surface area contributed by atoms with Gasteiger partial charge < -0.3 is 9.84 Å². The summed E-state index contributed by atoms with van der Waals surface area (Å²) < 4.78 is 6.52. The zero-order valence-electron chi connectivity index (χ0n) is 7.78. The van der Waals surface area contributed by atoms with Crippen LogP contribution >= 0.6 is 27.3 Å². The molecule has 1 fully saturated rings. The summed E-state index contributed by atoms with van der Waals surface area (Å²) in [6.07, 6.45) is 1.51. The summed E-state index contributed by atoms with van der Waals surface area (Å²) in [5.74, 6) is 0.272. The molecule has 0 amide bonds. The van der Waals surface area contributed by atoms with Crippen LogP contribution in [0.5, 0.6) is 0 Å². The van der Waals surface area contributed by atoms with Crippen molar-refractivity contribution in [3.05, 3.63) is 20.8 Å². The molecule has 4 heteroatoms. The van der Waals surface area contributed by atoms with E-state index in [9.17, 15) is 5.11 Å². The molecule has 2 atom stereocenters. The Kier molecular flexibility index (Phi) is 3.60. The van der Waals surface area contributed by atoms with Gasteiger partial charge in [0.1, 0.15) is 0 Å². The molecule has 0 bridgehead atoms. The summed E-state index contributed by atoms with van der Waals surface area (Å²) >= 11 is 5.17. The quantitative estimate of drug-likeness (QED) is 0.899. The third-order valence-corrected chi connectivity index (χ3v) is 4.17. The molecular weight excluding hydrogens is 264 g/mol. The molecule has 1 aliphatic heterocycles. The number of rotatable bonds is 2. The van der Waals surface area contributed by atoms with Gasteiger partial charge >= 0.3 is 0 Å². The smallest absolute Gasteiger partial charge is 0.0701 e. The second-order valence-corrected chi connectivity index (χ2v) is 6.15. The average molecular weight is 277 g/mol. The highest BCUT2D eigenvalue weighted by Gasteiger charge is 2.24. The van der Waals surface area contributed by atoms with Gasteiger partial charge in [-0.05, 0) is 40.9 Å². The van der Waals surface area contributed by atoms with Crippen LogP contribution in [0, 0.1) is 5.92 Å². The summed E-state index contributed by atoms with van der Waals surface area (Å²) in [6.45, 7) is 1.39. The number of ether oxygens (including phenoxy) is 1. The highest BCUT2D eigenvalue weighted by Crippen LogP contribution is 2.27. The SMILES string of the molecule is OC1CCOCC1Cc1ccc(Br)s1. The predicted molar refractivity (Wildman–Crippen MR) is 60.7 cm³/mol. The second-order valence-electron chi connectivity index (χ2n) is 3.60. The molecule has 2 unspecified atom stereocenters. The van der Waals surface area contributed by atoms with E-state index >= 15 is 0 Å². The normalized spacial score (nSPS) is 27.9. The lowest BCUT2D eigenvalue weighted by atomic mass is 9.95. The van der Waals surface area contributed by atoms with E-state index in [0.29, 0.717) is 13.2 Å². The first-order valence-electron chi connectivity index (χ1n) is 4.76. The van der Waals surface area contributed by atoms with Crippen LogP contribution in [0.4, 0.5) is 0 Å². The minimum Gasteiger partial charge on any atom is -0.393 e. The van der Waals surface area contributed by atoms with E-state index in [4.69, 9.17) is 4.74 Å². The lowest BCUT2D eigenvalue weighted by Crippen LogP contribution is -2.32. The summed E-state index contributed by atoms with van der Waals surface area (Å²) in [6, 6.07) is 4.16. The highest BCUT2D eigenvalue weighted by atomic mass is 79.9. The molecule has 2 rings (SSSR count). The molecule has 1 aromatic heterocycles. The van der Waals surface area contributed by atoms with Crippen LogP contribution in [0.1, 0.15) is 11.3 Å². The van der Waals surface area contributed by atoms with E-state index in [1.54, 1.807) is 11.3 Å². The molecule has 0 saturated carbocycles. The number of aliphatic hydroxyl groups is 1. The molecule has 2 heterocycles. The van der Waals surface area contributed by atoms with Crippen LogP contribution in [0.3, 0.4) is 0 Å². The van der Waals surface area contributed by atoms with Crippen molar-refractivity contribution in [1.29, 1.82) is 0 Å². The number of aliphatic hydroxyl groups excluding tert-OH is 1. The summed E-state index contributed by atoms with van der Waals surface area (Å²) in [7, 11) is 0. The van der Waals surface area contributed by atoms with E-state index in [1.165, 1.54) is 4.88 Å². The van der Waals surface area contributed by atoms with E-state index in [0.717, 1.165) is 16.6 Å². The van der Waals surface area contributed by atoms with Crippen LogP contribution in [0.25, 0.3) is 0 Å². The van der Waals surface area contributed by atoms with Gasteiger partial charge in [-0.15, -0.1) is 11.3 Å². The summed E-state index contributed by atoms with van der Waals surface area (Å²) in [5.41, 5.74) is 0. The molecule has 1 aromatic rings. The van der Waals surface area contributed by atoms with Crippen LogP contribution in [-0.2, 0) is 11.2 Å². The molecular formula is C10H13BrO2S. The van der Waals surface area contributed by atoms with Gasteiger partial charge in [-0.1, -0.05) is 0 Å². The first kappa shape index (κ1) is 10.6. The molecule has 0 radical (unpaired) electrons. The molecule has 1 N–H and O–H groups in total. The molecule has 14 heavy (non-hydrogen) atoms. The summed E-state index contributed by atoms with van der Waals surface area (Å²) in [5, 5.41) is 9.75. The average Bonchev–Trinajstić information content (AvgIpc) is 2.56. The molecule has 0 spiro atoms. The number of halogens is 1. The molecule has 2 nitrogen and oxygen atoms in total. The maximum atomic E-state index is 9.75. The fraction of sp³-hybridized carbons (Fsp3) is 0.600. The standard InChI is InChI=1S/C10H13BrO2S/c11-10-2-1-8(14-10)5-7-6-13-4-3-9(7)12/h1-2,7,9,12H,3-6H2. The molecule has 1 aliphatic rings. The van der Waals surface area contributed by atoms with Gasteiger partial charge in [-0.25, -0.2) is 0 Å². The zero-order chi connectivity index (χ0) is 9.97. The van der Waals surface area contributed by atoms with Crippen LogP contribution < -0.4 is 0 Å². The van der Waals surface area contributed by atoms with Crippen molar-refractivity contribution in [3.8, 4) is 0 Å². The van der Waals surface area contributed by atoms with Gasteiger partial charge in [0.2, 0.25) is 0 Å². The van der Waals surface area contributed by atoms with Crippen molar-refractivity contribution in [3.63, 3.8) is 0 Å². The first-order chi connectivity index (χ1) is 6.75. The largest absolute Gasteiger partial charge is 0.393 e. The monoisotopic (exact) mass is 276 g/mol. The predicted octanol–water partition coefficient (Wildman–Crippen LogP) is 2.45. The van der Waals surface area contributed by atoms with Crippen molar-refractivity contribution >= 4 is 27.3 Å². The fourth-order valence-corrected chi connectivity index (χ4v) is 3.28. The van der Waals surface area contributed by atoms with Crippen LogP contribution in [0.2, 0.25) is 0 Å². The number of hydrogen-bond acceptors (Lipinski definition) is 3. The summed E-state index contributed by atoms with van der Waals surface area (Å²) in [4.78, 5) is 1.31. The lowest BCUT2D eigenvalue weighted by Gasteiger charge is -2.27. The number of thiophene rings is 1.